The van der Waals surface area contributed by atoms with Crippen LogP contribution in [-0.2, 0) is 13.6 Å². The number of aryl methyl sites for hydroxylation is 2. The predicted octanol–water partition coefficient (Wildman–Crippen LogP) is 3.13. The number of nitrogens with two attached hydrogens (primary N) is 1. The lowest BCUT2D eigenvalue weighted by Gasteiger charge is -2.04. The molecule has 128 valence electrons. The van der Waals surface area contributed by atoms with Crippen molar-refractivity contribution in [3.63, 3.8) is 0 Å². The maximum absolute atomic E-state index is 6.04. The average Bonchev–Trinajstić information content (AvgIpc) is 3.14. The Labute approximate surface area is 153 Å². The van der Waals surface area contributed by atoms with E-state index in [2.05, 4.69) is 24.5 Å². The van der Waals surface area contributed by atoms with Gasteiger partial charge in [0.15, 0.2) is 16.6 Å². The zero-order valence-corrected chi connectivity index (χ0v) is 15.1. The van der Waals surface area contributed by atoms with Gasteiger partial charge in [0, 0.05) is 24.4 Å². The molecule has 1 aromatic carbocycles. The minimum absolute atomic E-state index is 0.413. The molecule has 0 aliphatic heterocycles. The summed E-state index contributed by atoms with van der Waals surface area (Å²) in [6, 6.07) is 5.77. The molecule has 0 atom stereocenters. The lowest BCUT2D eigenvalue weighted by atomic mass is 10.3. The highest BCUT2D eigenvalue weighted by Crippen LogP contribution is 2.25. The first kappa shape index (κ1) is 16.2. The first-order chi connectivity index (χ1) is 12.1. The van der Waals surface area contributed by atoms with Crippen molar-refractivity contribution >= 4 is 51.4 Å². The van der Waals surface area contributed by atoms with Crippen LogP contribution < -0.4 is 5.73 Å². The van der Waals surface area contributed by atoms with Crippen LogP contribution in [0.5, 0.6) is 0 Å². The zero-order chi connectivity index (χ0) is 17.4. The van der Waals surface area contributed by atoms with E-state index in [-0.39, 0.29) is 0 Å². The molecule has 0 unspecified atom stereocenters. The summed E-state index contributed by atoms with van der Waals surface area (Å²) in [4.78, 5) is 17.2. The third-order valence-electron chi connectivity index (χ3n) is 4.01. The topological polar surface area (TPSA) is 87.4 Å². The molecule has 4 rings (SSSR count). The monoisotopic (exact) mass is 373 g/mol. The van der Waals surface area contributed by atoms with Gasteiger partial charge in [0.1, 0.15) is 11.8 Å². The summed E-state index contributed by atoms with van der Waals surface area (Å²) in [5.74, 6) is 1.35. The minimum Gasteiger partial charge on any atom is -0.382 e. The third kappa shape index (κ3) is 3.03. The first-order valence-electron chi connectivity index (χ1n) is 7.79. The summed E-state index contributed by atoms with van der Waals surface area (Å²) in [6.07, 6.45) is 4.19. The number of imidazole rings is 2. The van der Waals surface area contributed by atoms with Crippen molar-refractivity contribution in [1.29, 1.82) is 0 Å². The second-order valence-corrected chi connectivity index (χ2v) is 7.16. The molecule has 9 heteroatoms. The predicted molar refractivity (Wildman–Crippen MR) is 101 cm³/mol. The number of aromatic nitrogens is 6. The highest BCUT2D eigenvalue weighted by molar-refractivity contribution is 7.99. The van der Waals surface area contributed by atoms with Crippen molar-refractivity contribution in [3.8, 4) is 0 Å². The summed E-state index contributed by atoms with van der Waals surface area (Å²) in [5, 5.41) is 1.69. The van der Waals surface area contributed by atoms with Crippen molar-refractivity contribution < 1.29 is 0 Å². The van der Waals surface area contributed by atoms with E-state index in [1.54, 1.807) is 18.1 Å². The third-order valence-corrected chi connectivity index (χ3v) is 5.36. The van der Waals surface area contributed by atoms with E-state index < -0.39 is 0 Å². The van der Waals surface area contributed by atoms with Gasteiger partial charge in [0.25, 0.3) is 0 Å². The summed E-state index contributed by atoms with van der Waals surface area (Å²) in [5.41, 5.74) is 9.25. The molecule has 0 fully saturated rings. The van der Waals surface area contributed by atoms with Gasteiger partial charge in [-0.1, -0.05) is 23.4 Å². The Morgan fingerprint density at radius 2 is 2.12 bits per heavy atom. The van der Waals surface area contributed by atoms with Gasteiger partial charge in [0.2, 0.25) is 0 Å². The molecule has 4 aromatic rings. The molecule has 0 saturated carbocycles. The van der Waals surface area contributed by atoms with Crippen LogP contribution in [0.25, 0.3) is 22.2 Å². The fourth-order valence-electron chi connectivity index (χ4n) is 2.74. The molecule has 0 aliphatic carbocycles. The first-order valence-corrected chi connectivity index (χ1v) is 9.16. The van der Waals surface area contributed by atoms with Crippen LogP contribution in [0.15, 0.2) is 36.0 Å². The van der Waals surface area contributed by atoms with Crippen molar-refractivity contribution in [2.75, 3.05) is 11.5 Å². The van der Waals surface area contributed by atoms with E-state index in [1.165, 1.54) is 6.33 Å². The summed E-state index contributed by atoms with van der Waals surface area (Å²) < 4.78 is 4.10. The van der Waals surface area contributed by atoms with Gasteiger partial charge < -0.3 is 14.9 Å². The van der Waals surface area contributed by atoms with Crippen LogP contribution in [0.4, 0.5) is 5.82 Å². The van der Waals surface area contributed by atoms with Gasteiger partial charge in [-0.15, -0.1) is 0 Å². The second kappa shape index (κ2) is 6.53. The maximum atomic E-state index is 6.04. The molecule has 0 saturated heterocycles. The number of halogens is 1. The van der Waals surface area contributed by atoms with Gasteiger partial charge in [-0.2, -0.15) is 0 Å². The van der Waals surface area contributed by atoms with Crippen LogP contribution in [0.3, 0.4) is 0 Å². The Morgan fingerprint density at radius 1 is 1.24 bits per heavy atom. The number of nitrogens with zero attached hydrogens (tertiary/aromatic N) is 6. The van der Waals surface area contributed by atoms with Crippen LogP contribution in [0.1, 0.15) is 6.42 Å². The molecule has 0 amide bonds. The second-order valence-electron chi connectivity index (χ2n) is 5.66. The normalized spacial score (nSPS) is 11.6. The van der Waals surface area contributed by atoms with Gasteiger partial charge in [-0.25, -0.2) is 19.9 Å². The van der Waals surface area contributed by atoms with Crippen molar-refractivity contribution in [2.45, 2.75) is 18.1 Å². The van der Waals surface area contributed by atoms with Crippen molar-refractivity contribution in [3.05, 3.63) is 35.9 Å². The largest absolute Gasteiger partial charge is 0.382 e. The Balaban J connectivity index is 1.42. The number of hydrogen-bond donors (Lipinski definition) is 1. The summed E-state index contributed by atoms with van der Waals surface area (Å²) in [7, 11) is 2.02. The smallest absolute Gasteiger partial charge is 0.168 e. The van der Waals surface area contributed by atoms with Gasteiger partial charge in [0.05, 0.1) is 17.4 Å². The molecule has 0 aliphatic rings. The van der Waals surface area contributed by atoms with E-state index in [0.717, 1.165) is 40.6 Å². The van der Waals surface area contributed by atoms with Gasteiger partial charge >= 0.3 is 0 Å². The number of hydrogen-bond acceptors (Lipinski definition) is 6. The van der Waals surface area contributed by atoms with E-state index in [4.69, 9.17) is 17.3 Å². The molecule has 0 radical (unpaired) electrons. The summed E-state index contributed by atoms with van der Waals surface area (Å²) in [6.45, 7) is 0.815. The maximum Gasteiger partial charge on any atom is 0.168 e. The van der Waals surface area contributed by atoms with Crippen molar-refractivity contribution in [2.24, 2.45) is 7.05 Å². The molecule has 3 aromatic heterocycles. The zero-order valence-electron chi connectivity index (χ0n) is 13.6. The van der Waals surface area contributed by atoms with Crippen LogP contribution >= 0.6 is 23.4 Å². The summed E-state index contributed by atoms with van der Waals surface area (Å²) >= 11 is 7.77. The van der Waals surface area contributed by atoms with E-state index in [0.29, 0.717) is 16.4 Å². The number of thioether (sulfide) groups is 1. The van der Waals surface area contributed by atoms with Crippen LogP contribution in [0.2, 0.25) is 5.02 Å². The van der Waals surface area contributed by atoms with E-state index >= 15 is 0 Å². The quantitative estimate of drug-likeness (QED) is 0.427. The fraction of sp³-hybridized carbons (Fsp3) is 0.250. The SMILES string of the molecule is Cn1c(SCCCn2cnc3c(N)ncnc32)nc2cc(Cl)ccc21. The molecule has 2 N–H and O–H groups in total. The minimum atomic E-state index is 0.413. The number of anilines is 1. The van der Waals surface area contributed by atoms with Crippen molar-refractivity contribution in [1.82, 2.24) is 29.1 Å². The highest BCUT2D eigenvalue weighted by Gasteiger charge is 2.10. The molecule has 3 heterocycles. The molecule has 0 bridgehead atoms. The van der Waals surface area contributed by atoms with Gasteiger partial charge in [-0.3, -0.25) is 0 Å². The Morgan fingerprint density at radius 3 is 3.00 bits per heavy atom. The molecule has 25 heavy (non-hydrogen) atoms. The lowest BCUT2D eigenvalue weighted by molar-refractivity contribution is 0.695. The van der Waals surface area contributed by atoms with Gasteiger partial charge in [-0.05, 0) is 24.6 Å². The standard InChI is InChI=1S/C16H16ClN7S/c1-23-12-4-3-10(17)7-11(12)22-16(23)25-6-2-5-24-9-21-13-14(18)19-8-20-15(13)24/h3-4,7-9H,2,5-6H2,1H3,(H2,18,19,20). The number of rotatable bonds is 5. The fourth-order valence-corrected chi connectivity index (χ4v) is 3.82. The van der Waals surface area contributed by atoms with Crippen LogP contribution in [-0.4, -0.2) is 34.8 Å². The van der Waals surface area contributed by atoms with E-state index in [9.17, 15) is 0 Å². The van der Waals surface area contributed by atoms with E-state index in [1.807, 2.05) is 29.8 Å². The van der Waals surface area contributed by atoms with Crippen LogP contribution in [0, 0.1) is 0 Å². The molecule has 7 nitrogen and oxygen atoms in total. The number of benzene rings is 1. The molecular weight excluding hydrogens is 358 g/mol. The molecular formula is C16H16ClN7S. The number of nitrogen functional groups attached to an aromatic ring is 1. The Hall–Kier alpha value is -2.32. The lowest BCUT2D eigenvalue weighted by Crippen LogP contribution is -2.01. The number of fused-ring (bicyclic) bond motifs is 2. The molecule has 0 spiro atoms. The average molecular weight is 374 g/mol. The Kier molecular flexibility index (Phi) is 4.22. The Bertz CT molecular complexity index is 1060. The highest BCUT2D eigenvalue weighted by atomic mass is 35.5.